The molecule has 1 fully saturated rings. The molecule has 1 N–H and O–H groups in total. The van der Waals surface area contributed by atoms with Gasteiger partial charge < -0.3 is 14.6 Å². The second-order valence-electron chi connectivity index (χ2n) is 5.78. The van der Waals surface area contributed by atoms with Crippen molar-refractivity contribution in [3.8, 4) is 0 Å². The molecular formula is C17H20FN3O2S. The van der Waals surface area contributed by atoms with Crippen LogP contribution in [0.1, 0.15) is 24.1 Å². The zero-order chi connectivity index (χ0) is 16.9. The summed E-state index contributed by atoms with van der Waals surface area (Å²) in [6, 6.07) is 6.24. The van der Waals surface area contributed by atoms with E-state index in [2.05, 4.69) is 4.98 Å². The summed E-state index contributed by atoms with van der Waals surface area (Å²) in [5.74, 6) is 0.183. The molecule has 0 radical (unpaired) electrons. The first kappa shape index (κ1) is 17.0. The Balaban J connectivity index is 1.70. The minimum Gasteiger partial charge on any atom is -0.390 e. The zero-order valence-corrected chi connectivity index (χ0v) is 14.1. The molecule has 1 amide bonds. The van der Waals surface area contributed by atoms with Crippen molar-refractivity contribution in [3.05, 3.63) is 47.5 Å². The summed E-state index contributed by atoms with van der Waals surface area (Å²) in [6.45, 7) is 2.03. The number of aromatic nitrogens is 2. The Morgan fingerprint density at radius 2 is 1.96 bits per heavy atom. The van der Waals surface area contributed by atoms with Crippen molar-refractivity contribution < 1.29 is 14.3 Å². The predicted molar refractivity (Wildman–Crippen MR) is 90.2 cm³/mol. The van der Waals surface area contributed by atoms with Crippen molar-refractivity contribution in [3.63, 3.8) is 0 Å². The van der Waals surface area contributed by atoms with Crippen molar-refractivity contribution in [1.29, 1.82) is 0 Å². The molecule has 128 valence electrons. The van der Waals surface area contributed by atoms with Crippen LogP contribution in [0.5, 0.6) is 0 Å². The number of aliphatic hydroxyl groups excluding tert-OH is 1. The number of hydrogen-bond acceptors (Lipinski definition) is 4. The summed E-state index contributed by atoms with van der Waals surface area (Å²) in [4.78, 5) is 18.4. The molecule has 0 unspecified atom stereocenters. The summed E-state index contributed by atoms with van der Waals surface area (Å²) in [7, 11) is 0. The third kappa shape index (κ3) is 3.96. The number of benzene rings is 1. The van der Waals surface area contributed by atoms with Crippen molar-refractivity contribution in [2.24, 2.45) is 0 Å². The van der Waals surface area contributed by atoms with Gasteiger partial charge in [-0.2, -0.15) is 0 Å². The average molecular weight is 349 g/mol. The Kier molecular flexibility index (Phi) is 5.52. The van der Waals surface area contributed by atoms with E-state index in [1.165, 1.54) is 23.9 Å². The average Bonchev–Trinajstić information content (AvgIpc) is 3.25. The SMILES string of the molecule is O=C(CSc1ncc(CO)n1Cc1ccc(F)cc1)N1CCCC1. The van der Waals surface area contributed by atoms with E-state index in [-0.39, 0.29) is 18.3 Å². The fourth-order valence-electron chi connectivity index (χ4n) is 2.76. The number of hydrogen-bond donors (Lipinski definition) is 1. The predicted octanol–water partition coefficient (Wildman–Crippen LogP) is 2.28. The first-order valence-corrected chi connectivity index (χ1v) is 8.96. The molecule has 1 saturated heterocycles. The molecule has 0 spiro atoms. The smallest absolute Gasteiger partial charge is 0.233 e. The molecule has 0 atom stereocenters. The topological polar surface area (TPSA) is 58.4 Å². The molecule has 1 aromatic carbocycles. The lowest BCUT2D eigenvalue weighted by molar-refractivity contribution is -0.127. The van der Waals surface area contributed by atoms with E-state index in [0.29, 0.717) is 23.1 Å². The summed E-state index contributed by atoms with van der Waals surface area (Å²) in [5.41, 5.74) is 1.59. The number of carbonyl (C=O) groups excluding carboxylic acids is 1. The molecule has 0 saturated carbocycles. The Hall–Kier alpha value is -1.86. The van der Waals surface area contributed by atoms with Crippen LogP contribution >= 0.6 is 11.8 Å². The molecule has 24 heavy (non-hydrogen) atoms. The van der Waals surface area contributed by atoms with Crippen LogP contribution < -0.4 is 0 Å². The van der Waals surface area contributed by atoms with E-state index in [0.717, 1.165) is 31.5 Å². The van der Waals surface area contributed by atoms with E-state index < -0.39 is 0 Å². The van der Waals surface area contributed by atoms with Gasteiger partial charge in [-0.05, 0) is 30.5 Å². The van der Waals surface area contributed by atoms with Gasteiger partial charge >= 0.3 is 0 Å². The van der Waals surface area contributed by atoms with Crippen molar-refractivity contribution >= 4 is 17.7 Å². The van der Waals surface area contributed by atoms with E-state index in [1.807, 2.05) is 9.47 Å². The molecule has 2 aromatic rings. The maximum atomic E-state index is 13.0. The van der Waals surface area contributed by atoms with Gasteiger partial charge in [-0.15, -0.1) is 0 Å². The van der Waals surface area contributed by atoms with Gasteiger partial charge in [0.1, 0.15) is 5.82 Å². The summed E-state index contributed by atoms with van der Waals surface area (Å²) < 4.78 is 14.9. The maximum absolute atomic E-state index is 13.0. The third-order valence-electron chi connectivity index (χ3n) is 4.10. The van der Waals surface area contributed by atoms with Crippen molar-refractivity contribution in [1.82, 2.24) is 14.5 Å². The number of halogens is 1. The highest BCUT2D eigenvalue weighted by Gasteiger charge is 2.19. The number of imidazole rings is 1. The third-order valence-corrected chi connectivity index (χ3v) is 5.08. The highest BCUT2D eigenvalue weighted by molar-refractivity contribution is 7.99. The molecule has 0 aliphatic carbocycles. The minimum atomic E-state index is -0.280. The van der Waals surface area contributed by atoms with Crippen LogP contribution in [0.2, 0.25) is 0 Å². The fraction of sp³-hybridized carbons (Fsp3) is 0.412. The van der Waals surface area contributed by atoms with Crippen LogP contribution in [0.25, 0.3) is 0 Å². The van der Waals surface area contributed by atoms with Gasteiger partial charge in [0, 0.05) is 19.6 Å². The minimum absolute atomic E-state index is 0.124. The van der Waals surface area contributed by atoms with Gasteiger partial charge in [0.25, 0.3) is 0 Å². The molecular weight excluding hydrogens is 329 g/mol. The Morgan fingerprint density at radius 1 is 1.25 bits per heavy atom. The Morgan fingerprint density at radius 3 is 2.62 bits per heavy atom. The standard InChI is InChI=1S/C17H20FN3O2S/c18-14-5-3-13(4-6-14)10-21-15(11-22)9-19-17(21)24-12-16(23)20-7-1-2-8-20/h3-6,9,22H,1-2,7-8,10-12H2. The zero-order valence-electron chi connectivity index (χ0n) is 13.3. The maximum Gasteiger partial charge on any atom is 0.233 e. The van der Waals surface area contributed by atoms with Crippen LogP contribution in [-0.2, 0) is 17.9 Å². The van der Waals surface area contributed by atoms with E-state index in [9.17, 15) is 14.3 Å². The number of thioether (sulfide) groups is 1. The van der Waals surface area contributed by atoms with Gasteiger partial charge in [0.2, 0.25) is 5.91 Å². The number of aliphatic hydroxyl groups is 1. The van der Waals surface area contributed by atoms with Crippen LogP contribution in [0.15, 0.2) is 35.6 Å². The largest absolute Gasteiger partial charge is 0.390 e. The van der Waals surface area contributed by atoms with Crippen LogP contribution in [-0.4, -0.2) is 44.3 Å². The lowest BCUT2D eigenvalue weighted by Gasteiger charge is -2.15. The highest BCUT2D eigenvalue weighted by atomic mass is 32.2. The molecule has 5 nitrogen and oxygen atoms in total. The van der Waals surface area contributed by atoms with Crippen LogP contribution in [0, 0.1) is 5.82 Å². The quantitative estimate of drug-likeness (QED) is 0.813. The molecule has 2 heterocycles. The lowest BCUT2D eigenvalue weighted by atomic mass is 10.2. The van der Waals surface area contributed by atoms with Gasteiger partial charge in [-0.3, -0.25) is 4.79 Å². The number of carbonyl (C=O) groups is 1. The van der Waals surface area contributed by atoms with Crippen molar-refractivity contribution in [2.45, 2.75) is 31.1 Å². The summed E-state index contributed by atoms with van der Waals surface area (Å²) >= 11 is 1.38. The molecule has 0 bridgehead atoms. The number of nitrogens with zero attached hydrogens (tertiary/aromatic N) is 3. The molecule has 7 heteroatoms. The monoisotopic (exact) mass is 349 g/mol. The van der Waals surface area contributed by atoms with Crippen LogP contribution in [0.3, 0.4) is 0 Å². The number of rotatable bonds is 6. The normalized spacial score (nSPS) is 14.3. The van der Waals surface area contributed by atoms with E-state index in [4.69, 9.17) is 0 Å². The Labute approximate surface area is 144 Å². The molecule has 1 aromatic heterocycles. The highest BCUT2D eigenvalue weighted by Crippen LogP contribution is 2.22. The summed E-state index contributed by atoms with van der Waals surface area (Å²) in [6.07, 6.45) is 3.76. The van der Waals surface area contributed by atoms with Gasteiger partial charge in [-0.1, -0.05) is 23.9 Å². The van der Waals surface area contributed by atoms with Gasteiger partial charge in [0.05, 0.1) is 24.3 Å². The lowest BCUT2D eigenvalue weighted by Crippen LogP contribution is -2.29. The number of likely N-dealkylation sites (tertiary alicyclic amines) is 1. The summed E-state index contributed by atoms with van der Waals surface area (Å²) in [5, 5.41) is 10.2. The first-order chi connectivity index (χ1) is 11.7. The van der Waals surface area contributed by atoms with Gasteiger partial charge in [0.15, 0.2) is 5.16 Å². The van der Waals surface area contributed by atoms with E-state index in [1.54, 1.807) is 18.3 Å². The molecule has 1 aliphatic rings. The molecule has 1 aliphatic heterocycles. The Bertz CT molecular complexity index is 696. The van der Waals surface area contributed by atoms with Crippen molar-refractivity contribution in [2.75, 3.05) is 18.8 Å². The second kappa shape index (κ2) is 7.81. The number of amides is 1. The van der Waals surface area contributed by atoms with Crippen LogP contribution in [0.4, 0.5) is 4.39 Å². The first-order valence-electron chi connectivity index (χ1n) is 7.97. The fourth-order valence-corrected chi connectivity index (χ4v) is 3.66. The molecule has 3 rings (SSSR count). The van der Waals surface area contributed by atoms with E-state index >= 15 is 0 Å². The van der Waals surface area contributed by atoms with Gasteiger partial charge in [-0.25, -0.2) is 9.37 Å². The second-order valence-corrected chi connectivity index (χ2v) is 6.72.